The maximum atomic E-state index is 12.7. The second-order valence-electron chi connectivity index (χ2n) is 5.93. The van der Waals surface area contributed by atoms with E-state index in [0.717, 1.165) is 11.1 Å². The maximum absolute atomic E-state index is 12.7. The number of anilines is 1. The summed E-state index contributed by atoms with van der Waals surface area (Å²) in [6, 6.07) is 10.0. The molecule has 0 aromatic heterocycles. The minimum Gasteiger partial charge on any atom is -0.493 e. The van der Waals surface area contributed by atoms with Crippen molar-refractivity contribution in [3.63, 3.8) is 0 Å². The first-order chi connectivity index (χ1) is 12.5. The van der Waals surface area contributed by atoms with E-state index >= 15 is 0 Å². The molecule has 8 nitrogen and oxygen atoms in total. The molecule has 1 heterocycles. The summed E-state index contributed by atoms with van der Waals surface area (Å²) in [6.45, 7) is 0.653. The highest BCUT2D eigenvalue weighted by atomic mass is 16.6. The SMILES string of the molecule is COc1ccc(CN2Cc3cccc([N+](=O)[O-])c3N(C)C2=O)cc1OC. The number of ether oxygens (including phenoxy) is 2. The summed E-state index contributed by atoms with van der Waals surface area (Å²) in [4.78, 5) is 26.5. The average molecular weight is 357 g/mol. The molecule has 0 radical (unpaired) electrons. The van der Waals surface area contributed by atoms with Crippen LogP contribution in [-0.4, -0.2) is 37.1 Å². The fourth-order valence-electron chi connectivity index (χ4n) is 3.14. The number of methoxy groups -OCH3 is 2. The number of hydrogen-bond acceptors (Lipinski definition) is 5. The molecule has 136 valence electrons. The maximum Gasteiger partial charge on any atom is 0.325 e. The van der Waals surface area contributed by atoms with Gasteiger partial charge in [-0.2, -0.15) is 0 Å². The third-order valence-corrected chi connectivity index (χ3v) is 4.37. The Kier molecular flexibility index (Phi) is 4.66. The van der Waals surface area contributed by atoms with Crippen LogP contribution in [0.3, 0.4) is 0 Å². The van der Waals surface area contributed by atoms with Gasteiger partial charge in [0.15, 0.2) is 11.5 Å². The van der Waals surface area contributed by atoms with Crippen LogP contribution in [0.25, 0.3) is 0 Å². The molecule has 0 fully saturated rings. The molecule has 2 amide bonds. The molecule has 8 heteroatoms. The third-order valence-electron chi connectivity index (χ3n) is 4.37. The van der Waals surface area contributed by atoms with Crippen molar-refractivity contribution in [2.75, 3.05) is 26.2 Å². The second kappa shape index (κ2) is 6.91. The molecule has 26 heavy (non-hydrogen) atoms. The molecule has 0 unspecified atom stereocenters. The number of nitro benzene ring substituents is 1. The molecule has 0 N–H and O–H groups in total. The Morgan fingerprint density at radius 2 is 1.88 bits per heavy atom. The first-order valence-electron chi connectivity index (χ1n) is 7.96. The lowest BCUT2D eigenvalue weighted by atomic mass is 10.1. The molecule has 0 atom stereocenters. The van der Waals surface area contributed by atoms with E-state index < -0.39 is 4.92 Å². The highest BCUT2D eigenvalue weighted by molar-refractivity contribution is 5.97. The molecule has 0 spiro atoms. The number of hydrogen-bond donors (Lipinski definition) is 0. The van der Waals surface area contributed by atoms with Gasteiger partial charge in [-0.15, -0.1) is 0 Å². The Hall–Kier alpha value is -3.29. The number of nitro groups is 1. The minimum absolute atomic E-state index is 0.0656. The van der Waals surface area contributed by atoms with Crippen molar-refractivity contribution in [3.8, 4) is 11.5 Å². The van der Waals surface area contributed by atoms with Gasteiger partial charge in [-0.3, -0.25) is 15.0 Å². The van der Waals surface area contributed by atoms with Crippen LogP contribution in [-0.2, 0) is 13.1 Å². The van der Waals surface area contributed by atoms with Crippen LogP contribution in [0.4, 0.5) is 16.2 Å². The van der Waals surface area contributed by atoms with E-state index in [0.29, 0.717) is 30.3 Å². The molecule has 2 aromatic rings. The lowest BCUT2D eigenvalue weighted by molar-refractivity contribution is -0.384. The molecule has 2 aromatic carbocycles. The van der Waals surface area contributed by atoms with E-state index in [-0.39, 0.29) is 11.7 Å². The van der Waals surface area contributed by atoms with Gasteiger partial charge in [0.25, 0.3) is 5.69 Å². The predicted molar refractivity (Wildman–Crippen MR) is 95.7 cm³/mol. The van der Waals surface area contributed by atoms with Gasteiger partial charge in [-0.1, -0.05) is 18.2 Å². The summed E-state index contributed by atoms with van der Waals surface area (Å²) in [5.41, 5.74) is 1.90. The highest BCUT2D eigenvalue weighted by Gasteiger charge is 2.33. The Morgan fingerprint density at radius 1 is 1.15 bits per heavy atom. The predicted octanol–water partition coefficient (Wildman–Crippen LogP) is 3.18. The van der Waals surface area contributed by atoms with Gasteiger partial charge < -0.3 is 14.4 Å². The van der Waals surface area contributed by atoms with Gasteiger partial charge >= 0.3 is 6.03 Å². The van der Waals surface area contributed by atoms with Crippen LogP contribution in [0, 0.1) is 10.1 Å². The van der Waals surface area contributed by atoms with E-state index in [1.165, 1.54) is 11.0 Å². The number of rotatable bonds is 5. The Labute approximate surface area is 150 Å². The van der Waals surface area contributed by atoms with Crippen LogP contribution in [0.2, 0.25) is 0 Å². The quantitative estimate of drug-likeness (QED) is 0.606. The summed E-state index contributed by atoms with van der Waals surface area (Å²) in [6.07, 6.45) is 0. The summed E-state index contributed by atoms with van der Waals surface area (Å²) in [5.74, 6) is 1.19. The summed E-state index contributed by atoms with van der Waals surface area (Å²) < 4.78 is 10.5. The number of benzene rings is 2. The standard InChI is InChI=1S/C18H19N3O5/c1-19-17-13(5-4-6-14(17)21(23)24)11-20(18(19)22)10-12-7-8-15(25-2)16(9-12)26-3/h4-9H,10-11H2,1-3H3. The summed E-state index contributed by atoms with van der Waals surface area (Å²) in [5, 5.41) is 11.3. The number of fused-ring (bicyclic) bond motifs is 1. The van der Waals surface area contributed by atoms with Gasteiger partial charge in [0.2, 0.25) is 0 Å². The summed E-state index contributed by atoms with van der Waals surface area (Å²) in [7, 11) is 4.66. The molecule has 0 aliphatic carbocycles. The van der Waals surface area contributed by atoms with Gasteiger partial charge in [-0.05, 0) is 17.7 Å². The first-order valence-corrected chi connectivity index (χ1v) is 7.96. The molecule has 0 saturated carbocycles. The molecular formula is C18H19N3O5. The monoisotopic (exact) mass is 357 g/mol. The fraction of sp³-hybridized carbons (Fsp3) is 0.278. The number of amides is 2. The smallest absolute Gasteiger partial charge is 0.325 e. The fourth-order valence-corrected chi connectivity index (χ4v) is 3.14. The zero-order valence-corrected chi connectivity index (χ0v) is 14.8. The zero-order valence-electron chi connectivity index (χ0n) is 14.8. The highest BCUT2D eigenvalue weighted by Crippen LogP contribution is 2.37. The van der Waals surface area contributed by atoms with Gasteiger partial charge in [0, 0.05) is 25.2 Å². The minimum atomic E-state index is -0.466. The molecule has 3 rings (SSSR count). The van der Waals surface area contributed by atoms with E-state index in [2.05, 4.69) is 0 Å². The van der Waals surface area contributed by atoms with Crippen LogP contribution < -0.4 is 14.4 Å². The normalized spacial score (nSPS) is 13.4. The van der Waals surface area contributed by atoms with E-state index in [4.69, 9.17) is 9.47 Å². The van der Waals surface area contributed by atoms with Crippen molar-refractivity contribution >= 4 is 17.4 Å². The zero-order chi connectivity index (χ0) is 18.8. The van der Waals surface area contributed by atoms with Crippen LogP contribution >= 0.6 is 0 Å². The van der Waals surface area contributed by atoms with Gasteiger partial charge in [0.05, 0.1) is 25.7 Å². The number of nitrogens with zero attached hydrogens (tertiary/aromatic N) is 3. The average Bonchev–Trinajstić information content (AvgIpc) is 2.65. The third kappa shape index (κ3) is 3.01. The van der Waals surface area contributed by atoms with E-state index in [1.807, 2.05) is 12.1 Å². The number of carbonyl (C=O) groups excluding carboxylic acids is 1. The number of para-hydroxylation sites is 1. The number of urea groups is 1. The lowest BCUT2D eigenvalue weighted by Gasteiger charge is -2.34. The Morgan fingerprint density at radius 3 is 2.54 bits per heavy atom. The van der Waals surface area contributed by atoms with Crippen molar-refractivity contribution in [3.05, 3.63) is 57.6 Å². The van der Waals surface area contributed by atoms with Crippen molar-refractivity contribution in [1.29, 1.82) is 0 Å². The lowest BCUT2D eigenvalue weighted by Crippen LogP contribution is -2.44. The Balaban J connectivity index is 1.91. The largest absolute Gasteiger partial charge is 0.493 e. The second-order valence-corrected chi connectivity index (χ2v) is 5.93. The van der Waals surface area contributed by atoms with Crippen LogP contribution in [0.5, 0.6) is 11.5 Å². The van der Waals surface area contributed by atoms with Crippen molar-refractivity contribution in [1.82, 2.24) is 4.90 Å². The van der Waals surface area contributed by atoms with Crippen molar-refractivity contribution < 1.29 is 19.2 Å². The van der Waals surface area contributed by atoms with Crippen molar-refractivity contribution in [2.24, 2.45) is 0 Å². The van der Waals surface area contributed by atoms with Crippen LogP contribution in [0.1, 0.15) is 11.1 Å². The van der Waals surface area contributed by atoms with Crippen LogP contribution in [0.15, 0.2) is 36.4 Å². The van der Waals surface area contributed by atoms with Gasteiger partial charge in [0.1, 0.15) is 5.69 Å². The van der Waals surface area contributed by atoms with Crippen molar-refractivity contribution in [2.45, 2.75) is 13.1 Å². The molecule has 0 saturated heterocycles. The molecule has 0 bridgehead atoms. The van der Waals surface area contributed by atoms with E-state index in [1.54, 1.807) is 44.4 Å². The topological polar surface area (TPSA) is 85.2 Å². The Bertz CT molecular complexity index is 868. The molecular weight excluding hydrogens is 338 g/mol. The summed E-state index contributed by atoms with van der Waals surface area (Å²) >= 11 is 0. The molecule has 1 aliphatic heterocycles. The van der Waals surface area contributed by atoms with E-state index in [9.17, 15) is 14.9 Å². The van der Waals surface area contributed by atoms with Gasteiger partial charge in [-0.25, -0.2) is 4.79 Å². The first kappa shape index (κ1) is 17.5. The molecule has 1 aliphatic rings. The number of carbonyl (C=O) groups is 1.